The number of nitrogens with one attached hydrogen (secondary N) is 1. The van der Waals surface area contributed by atoms with Crippen LogP contribution in [-0.4, -0.2) is 51.2 Å². The molecular formula is C16H24N2O4S. The lowest BCUT2D eigenvalue weighted by molar-refractivity contribution is -0.127. The summed E-state index contributed by atoms with van der Waals surface area (Å²) in [7, 11) is -3.32. The number of nitrogens with zero attached hydrogens (tertiary/aromatic N) is 1. The van der Waals surface area contributed by atoms with Crippen molar-refractivity contribution in [3.8, 4) is 0 Å². The SMILES string of the molecule is CS(=O)(=O)N(CCNC(=O)C1CCOCC1)Cc1ccccc1. The van der Waals surface area contributed by atoms with E-state index in [1.54, 1.807) is 0 Å². The molecule has 0 bridgehead atoms. The van der Waals surface area contributed by atoms with Crippen LogP contribution in [0.5, 0.6) is 0 Å². The third kappa shape index (κ3) is 5.93. The van der Waals surface area contributed by atoms with E-state index in [-0.39, 0.29) is 18.4 Å². The van der Waals surface area contributed by atoms with Crippen LogP contribution >= 0.6 is 0 Å². The molecule has 128 valence electrons. The summed E-state index contributed by atoms with van der Waals surface area (Å²) in [5.41, 5.74) is 0.925. The quantitative estimate of drug-likeness (QED) is 0.803. The number of carbonyl (C=O) groups is 1. The molecule has 0 aromatic heterocycles. The Morgan fingerprint density at radius 3 is 2.52 bits per heavy atom. The molecule has 1 fully saturated rings. The van der Waals surface area contributed by atoms with Crippen molar-refractivity contribution in [1.29, 1.82) is 0 Å². The van der Waals surface area contributed by atoms with E-state index in [2.05, 4.69) is 5.32 Å². The molecule has 0 atom stereocenters. The summed E-state index contributed by atoms with van der Waals surface area (Å²) in [6, 6.07) is 9.42. The lowest BCUT2D eigenvalue weighted by Gasteiger charge is -2.23. The van der Waals surface area contributed by atoms with Gasteiger partial charge in [-0.3, -0.25) is 4.79 Å². The number of amides is 1. The van der Waals surface area contributed by atoms with Gasteiger partial charge in [0.1, 0.15) is 0 Å². The molecule has 1 aliphatic rings. The lowest BCUT2D eigenvalue weighted by Crippen LogP contribution is -2.40. The highest BCUT2D eigenvalue weighted by Crippen LogP contribution is 2.14. The van der Waals surface area contributed by atoms with E-state index in [0.29, 0.717) is 26.3 Å². The van der Waals surface area contributed by atoms with Gasteiger partial charge in [-0.1, -0.05) is 30.3 Å². The minimum Gasteiger partial charge on any atom is -0.381 e. The van der Waals surface area contributed by atoms with Gasteiger partial charge in [-0.15, -0.1) is 0 Å². The molecule has 1 amide bonds. The Hall–Kier alpha value is -1.44. The topological polar surface area (TPSA) is 75.7 Å². The van der Waals surface area contributed by atoms with Gasteiger partial charge in [-0.25, -0.2) is 8.42 Å². The second-order valence-electron chi connectivity index (χ2n) is 5.76. The highest BCUT2D eigenvalue weighted by Gasteiger charge is 2.22. The van der Waals surface area contributed by atoms with E-state index in [9.17, 15) is 13.2 Å². The van der Waals surface area contributed by atoms with E-state index in [1.165, 1.54) is 10.6 Å². The highest BCUT2D eigenvalue weighted by atomic mass is 32.2. The third-order valence-corrected chi connectivity index (χ3v) is 5.17. The summed E-state index contributed by atoms with van der Waals surface area (Å²) in [4.78, 5) is 12.1. The zero-order valence-corrected chi connectivity index (χ0v) is 14.2. The first-order valence-electron chi connectivity index (χ1n) is 7.81. The Balaban J connectivity index is 1.85. The van der Waals surface area contributed by atoms with E-state index in [4.69, 9.17) is 4.74 Å². The standard InChI is InChI=1S/C16H24N2O4S/c1-23(20,21)18(13-14-5-3-2-4-6-14)10-9-17-16(19)15-7-11-22-12-8-15/h2-6,15H,7-13H2,1H3,(H,17,19). The molecule has 1 aliphatic heterocycles. The van der Waals surface area contributed by atoms with E-state index in [0.717, 1.165) is 18.4 Å². The molecule has 2 rings (SSSR count). The van der Waals surface area contributed by atoms with Crippen molar-refractivity contribution in [3.05, 3.63) is 35.9 Å². The average molecular weight is 340 g/mol. The Morgan fingerprint density at radius 1 is 1.26 bits per heavy atom. The molecule has 0 radical (unpaired) electrons. The van der Waals surface area contributed by atoms with Crippen LogP contribution in [0.3, 0.4) is 0 Å². The number of rotatable bonds is 7. The Bertz CT molecular complexity index is 598. The number of hydrogen-bond acceptors (Lipinski definition) is 4. The van der Waals surface area contributed by atoms with E-state index >= 15 is 0 Å². The number of sulfonamides is 1. The van der Waals surface area contributed by atoms with Crippen LogP contribution in [0.25, 0.3) is 0 Å². The van der Waals surface area contributed by atoms with E-state index < -0.39 is 10.0 Å². The molecule has 1 aromatic rings. The fraction of sp³-hybridized carbons (Fsp3) is 0.562. The monoisotopic (exact) mass is 340 g/mol. The van der Waals surface area contributed by atoms with Gasteiger partial charge in [0.25, 0.3) is 0 Å². The normalized spacial score (nSPS) is 16.4. The molecular weight excluding hydrogens is 316 g/mol. The fourth-order valence-corrected chi connectivity index (χ4v) is 3.36. The summed E-state index contributed by atoms with van der Waals surface area (Å²) in [6.45, 7) is 2.12. The fourth-order valence-electron chi connectivity index (χ4n) is 2.56. The van der Waals surface area contributed by atoms with Crippen LogP contribution in [0.1, 0.15) is 18.4 Å². The van der Waals surface area contributed by atoms with Crippen LogP contribution in [0.2, 0.25) is 0 Å². The second-order valence-corrected chi connectivity index (χ2v) is 7.74. The van der Waals surface area contributed by atoms with Gasteiger partial charge < -0.3 is 10.1 Å². The molecule has 0 unspecified atom stereocenters. The summed E-state index contributed by atoms with van der Waals surface area (Å²) in [5, 5.41) is 2.84. The molecule has 1 heterocycles. The van der Waals surface area contributed by atoms with Gasteiger partial charge in [0.15, 0.2) is 0 Å². The van der Waals surface area contributed by atoms with Crippen molar-refractivity contribution in [3.63, 3.8) is 0 Å². The number of hydrogen-bond donors (Lipinski definition) is 1. The number of ether oxygens (including phenoxy) is 1. The molecule has 0 saturated carbocycles. The van der Waals surface area contributed by atoms with Crippen molar-refractivity contribution in [2.24, 2.45) is 5.92 Å². The second kappa shape index (κ2) is 8.42. The van der Waals surface area contributed by atoms with Crippen LogP contribution in [-0.2, 0) is 26.1 Å². The predicted molar refractivity (Wildman–Crippen MR) is 88.2 cm³/mol. The molecule has 1 aromatic carbocycles. The lowest BCUT2D eigenvalue weighted by atomic mass is 9.99. The van der Waals surface area contributed by atoms with Gasteiger partial charge in [0, 0.05) is 38.8 Å². The zero-order chi connectivity index (χ0) is 16.7. The summed E-state index contributed by atoms with van der Waals surface area (Å²) < 4.78 is 30.4. The van der Waals surface area contributed by atoms with Crippen molar-refractivity contribution < 1.29 is 17.9 Å². The Morgan fingerprint density at radius 2 is 1.91 bits per heavy atom. The molecule has 1 N–H and O–H groups in total. The van der Waals surface area contributed by atoms with Crippen molar-refractivity contribution in [2.45, 2.75) is 19.4 Å². The minimum atomic E-state index is -3.32. The van der Waals surface area contributed by atoms with Crippen LogP contribution in [0, 0.1) is 5.92 Å². The molecule has 1 saturated heterocycles. The first-order chi connectivity index (χ1) is 11.0. The van der Waals surface area contributed by atoms with Gasteiger partial charge in [-0.2, -0.15) is 4.31 Å². The molecule has 23 heavy (non-hydrogen) atoms. The molecule has 0 spiro atoms. The summed E-state index contributed by atoms with van der Waals surface area (Å²) in [5.74, 6) is -0.0361. The Kier molecular flexibility index (Phi) is 6.56. The highest BCUT2D eigenvalue weighted by molar-refractivity contribution is 7.88. The van der Waals surface area contributed by atoms with Crippen LogP contribution in [0.15, 0.2) is 30.3 Å². The maximum Gasteiger partial charge on any atom is 0.223 e. The molecule has 7 heteroatoms. The zero-order valence-electron chi connectivity index (χ0n) is 13.4. The van der Waals surface area contributed by atoms with Crippen molar-refractivity contribution >= 4 is 15.9 Å². The van der Waals surface area contributed by atoms with Gasteiger partial charge >= 0.3 is 0 Å². The van der Waals surface area contributed by atoms with Crippen molar-refractivity contribution in [2.75, 3.05) is 32.6 Å². The largest absolute Gasteiger partial charge is 0.381 e. The maximum absolute atomic E-state index is 12.1. The summed E-state index contributed by atoms with van der Waals surface area (Å²) in [6.07, 6.45) is 2.65. The van der Waals surface area contributed by atoms with Crippen molar-refractivity contribution in [1.82, 2.24) is 9.62 Å². The number of carbonyl (C=O) groups excluding carboxylic acids is 1. The average Bonchev–Trinajstić information content (AvgIpc) is 2.54. The summed E-state index contributed by atoms with van der Waals surface area (Å²) >= 11 is 0. The Labute approximate surface area is 137 Å². The van der Waals surface area contributed by atoms with Gasteiger partial charge in [0.05, 0.1) is 6.26 Å². The van der Waals surface area contributed by atoms with Gasteiger partial charge in [-0.05, 0) is 18.4 Å². The smallest absolute Gasteiger partial charge is 0.223 e. The minimum absolute atomic E-state index is 0.0125. The first kappa shape index (κ1) is 17.9. The van der Waals surface area contributed by atoms with Crippen LogP contribution in [0.4, 0.5) is 0 Å². The third-order valence-electron chi connectivity index (χ3n) is 3.92. The maximum atomic E-state index is 12.1. The van der Waals surface area contributed by atoms with Gasteiger partial charge in [0.2, 0.25) is 15.9 Å². The first-order valence-corrected chi connectivity index (χ1v) is 9.66. The number of benzene rings is 1. The molecule has 6 nitrogen and oxygen atoms in total. The van der Waals surface area contributed by atoms with Crippen LogP contribution < -0.4 is 5.32 Å². The predicted octanol–water partition coefficient (Wildman–Crippen LogP) is 0.991. The van der Waals surface area contributed by atoms with E-state index in [1.807, 2.05) is 30.3 Å². The molecule has 0 aliphatic carbocycles.